The van der Waals surface area contributed by atoms with Gasteiger partial charge in [0.15, 0.2) is 5.82 Å². The molecule has 1 fully saturated rings. The summed E-state index contributed by atoms with van der Waals surface area (Å²) in [5, 5.41) is 10.4. The van der Waals surface area contributed by atoms with Gasteiger partial charge in [-0.15, -0.1) is 0 Å². The number of hydrogen-bond donors (Lipinski definition) is 2. The number of hydrogen-bond acceptors (Lipinski definition) is 3. The van der Waals surface area contributed by atoms with Gasteiger partial charge in [0.2, 0.25) is 5.91 Å². The average Bonchev–Trinajstić information content (AvgIpc) is 3.30. The van der Waals surface area contributed by atoms with E-state index in [-0.39, 0.29) is 17.7 Å². The summed E-state index contributed by atoms with van der Waals surface area (Å²) < 4.78 is 1.05. The van der Waals surface area contributed by atoms with Crippen molar-refractivity contribution < 1.29 is 4.79 Å². The van der Waals surface area contributed by atoms with Crippen LogP contribution in [0.2, 0.25) is 0 Å². The summed E-state index contributed by atoms with van der Waals surface area (Å²) in [6.07, 6.45) is 0.883. The molecule has 1 aromatic heterocycles. The van der Waals surface area contributed by atoms with Crippen LogP contribution in [0.5, 0.6) is 0 Å². The molecule has 27 heavy (non-hydrogen) atoms. The lowest BCUT2D eigenvalue weighted by molar-refractivity contribution is -0.117. The first-order chi connectivity index (χ1) is 13.0. The topological polar surface area (TPSA) is 70.7 Å². The highest BCUT2D eigenvalue weighted by molar-refractivity contribution is 9.10. The molecule has 1 saturated carbocycles. The fourth-order valence-electron chi connectivity index (χ4n) is 3.23. The van der Waals surface area contributed by atoms with Crippen molar-refractivity contribution in [3.8, 4) is 11.4 Å². The first-order valence-corrected chi connectivity index (χ1v) is 9.90. The molecule has 1 aliphatic carbocycles. The molecule has 2 aromatic carbocycles. The fraction of sp³-hybridized carbons (Fsp3) is 0.286. The van der Waals surface area contributed by atoms with Gasteiger partial charge >= 0.3 is 0 Å². The molecule has 0 aliphatic heterocycles. The highest BCUT2D eigenvalue weighted by Crippen LogP contribution is 2.48. The van der Waals surface area contributed by atoms with Gasteiger partial charge in [-0.05, 0) is 42.2 Å². The van der Waals surface area contributed by atoms with Crippen LogP contribution in [0.25, 0.3) is 11.4 Å². The molecule has 138 valence electrons. The van der Waals surface area contributed by atoms with Crippen LogP contribution < -0.4 is 5.32 Å². The predicted molar refractivity (Wildman–Crippen MR) is 110 cm³/mol. The number of nitrogens with one attached hydrogen (secondary N) is 2. The van der Waals surface area contributed by atoms with E-state index >= 15 is 0 Å². The minimum absolute atomic E-state index is 0.0117. The van der Waals surface area contributed by atoms with Crippen molar-refractivity contribution in [2.45, 2.75) is 32.1 Å². The number of halogens is 1. The number of para-hydroxylation sites is 1. The largest absolute Gasteiger partial charge is 0.325 e. The molecule has 5 nitrogen and oxygen atoms in total. The number of carbonyl (C=O) groups excluding carboxylic acids is 1. The van der Waals surface area contributed by atoms with Gasteiger partial charge in [0, 0.05) is 21.9 Å². The summed E-state index contributed by atoms with van der Waals surface area (Å²) in [5.41, 5.74) is 2.79. The Morgan fingerprint density at radius 3 is 2.63 bits per heavy atom. The average molecular weight is 425 g/mol. The Morgan fingerprint density at radius 2 is 1.93 bits per heavy atom. The van der Waals surface area contributed by atoms with E-state index in [1.165, 1.54) is 5.56 Å². The summed E-state index contributed by atoms with van der Waals surface area (Å²) in [5.74, 6) is 2.07. The smallest absolute Gasteiger partial charge is 0.228 e. The Labute approximate surface area is 166 Å². The standard InChI is InChI=1S/C21H21BrN4O/c1-12(2)19-24-20(26-25-19)15-5-3-4-6-18(15)23-21(27)17-11-16(17)13-7-9-14(22)10-8-13/h3-10,12,16-17H,11H2,1-2H3,(H,23,27)(H,24,25,26). The molecular formula is C21H21BrN4O. The number of nitrogens with zero attached hydrogens (tertiary/aromatic N) is 2. The lowest BCUT2D eigenvalue weighted by atomic mass is 10.1. The van der Waals surface area contributed by atoms with Crippen LogP contribution in [-0.4, -0.2) is 21.1 Å². The zero-order valence-electron chi connectivity index (χ0n) is 15.2. The molecule has 1 heterocycles. The highest BCUT2D eigenvalue weighted by Gasteiger charge is 2.44. The van der Waals surface area contributed by atoms with E-state index in [0.29, 0.717) is 11.7 Å². The molecule has 4 rings (SSSR count). The van der Waals surface area contributed by atoms with Crippen LogP contribution in [0, 0.1) is 5.92 Å². The van der Waals surface area contributed by atoms with Crippen LogP contribution in [0.4, 0.5) is 5.69 Å². The second kappa shape index (κ2) is 7.27. The molecule has 0 bridgehead atoms. The summed E-state index contributed by atoms with van der Waals surface area (Å²) in [4.78, 5) is 17.3. The molecule has 2 N–H and O–H groups in total. The monoisotopic (exact) mass is 424 g/mol. The maximum atomic E-state index is 12.8. The number of carbonyl (C=O) groups is 1. The third-order valence-electron chi connectivity index (χ3n) is 4.90. The van der Waals surface area contributed by atoms with Crippen molar-refractivity contribution in [3.63, 3.8) is 0 Å². The van der Waals surface area contributed by atoms with Crippen LogP contribution in [-0.2, 0) is 4.79 Å². The molecule has 1 amide bonds. The first-order valence-electron chi connectivity index (χ1n) is 9.11. The number of benzene rings is 2. The Morgan fingerprint density at radius 1 is 1.19 bits per heavy atom. The molecule has 2 atom stereocenters. The molecule has 0 spiro atoms. The van der Waals surface area contributed by atoms with Crippen LogP contribution in [0.1, 0.15) is 43.5 Å². The molecule has 0 saturated heterocycles. The Hall–Kier alpha value is -2.47. The number of amides is 1. The Balaban J connectivity index is 1.50. The van der Waals surface area contributed by atoms with E-state index in [1.54, 1.807) is 0 Å². The van der Waals surface area contributed by atoms with Gasteiger partial charge in [0.1, 0.15) is 5.82 Å². The summed E-state index contributed by atoms with van der Waals surface area (Å²) in [7, 11) is 0. The SMILES string of the molecule is CC(C)c1nc(-c2ccccc2NC(=O)C2CC2c2ccc(Br)cc2)n[nH]1. The lowest BCUT2D eigenvalue weighted by Crippen LogP contribution is -2.15. The van der Waals surface area contributed by atoms with E-state index in [9.17, 15) is 4.79 Å². The van der Waals surface area contributed by atoms with Gasteiger partial charge in [-0.2, -0.15) is 5.10 Å². The van der Waals surface area contributed by atoms with E-state index in [2.05, 4.69) is 62.4 Å². The fourth-order valence-corrected chi connectivity index (χ4v) is 3.49. The van der Waals surface area contributed by atoms with Crippen molar-refractivity contribution in [1.29, 1.82) is 0 Å². The van der Waals surface area contributed by atoms with E-state index in [4.69, 9.17) is 0 Å². The second-order valence-corrected chi connectivity index (χ2v) is 8.15. The molecule has 3 aromatic rings. The van der Waals surface area contributed by atoms with E-state index in [1.807, 2.05) is 36.4 Å². The highest BCUT2D eigenvalue weighted by atomic mass is 79.9. The van der Waals surface area contributed by atoms with Crippen molar-refractivity contribution in [3.05, 3.63) is 64.4 Å². The minimum Gasteiger partial charge on any atom is -0.325 e. The first kappa shape index (κ1) is 17.9. The van der Waals surface area contributed by atoms with Gasteiger partial charge in [0.25, 0.3) is 0 Å². The predicted octanol–water partition coefficient (Wildman–Crippen LogP) is 5.10. The number of rotatable bonds is 5. The number of anilines is 1. The van der Waals surface area contributed by atoms with Crippen LogP contribution in [0.3, 0.4) is 0 Å². The second-order valence-electron chi connectivity index (χ2n) is 7.23. The van der Waals surface area contributed by atoms with Crippen LogP contribution >= 0.6 is 15.9 Å². The Kier molecular flexibility index (Phi) is 4.83. The van der Waals surface area contributed by atoms with Gasteiger partial charge in [-0.3, -0.25) is 9.89 Å². The van der Waals surface area contributed by atoms with Crippen LogP contribution in [0.15, 0.2) is 53.0 Å². The molecule has 1 aliphatic rings. The quantitative estimate of drug-likeness (QED) is 0.598. The minimum atomic E-state index is 0.0117. The molecule has 6 heteroatoms. The summed E-state index contributed by atoms with van der Waals surface area (Å²) >= 11 is 3.45. The molecule has 0 radical (unpaired) electrons. The number of aromatic amines is 1. The lowest BCUT2D eigenvalue weighted by Gasteiger charge is -2.09. The van der Waals surface area contributed by atoms with Crippen molar-refractivity contribution in [1.82, 2.24) is 15.2 Å². The Bertz CT molecular complexity index is 964. The third-order valence-corrected chi connectivity index (χ3v) is 5.43. The normalized spacial score (nSPS) is 18.5. The summed E-state index contributed by atoms with van der Waals surface area (Å²) in [6, 6.07) is 15.9. The van der Waals surface area contributed by atoms with Gasteiger partial charge in [0.05, 0.1) is 5.69 Å². The van der Waals surface area contributed by atoms with Crippen molar-refractivity contribution in [2.75, 3.05) is 5.32 Å². The number of aromatic nitrogens is 3. The third kappa shape index (κ3) is 3.81. The van der Waals surface area contributed by atoms with E-state index < -0.39 is 0 Å². The molecule has 2 unspecified atom stereocenters. The number of H-pyrrole nitrogens is 1. The molecular weight excluding hydrogens is 404 g/mol. The summed E-state index contributed by atoms with van der Waals surface area (Å²) in [6.45, 7) is 4.13. The van der Waals surface area contributed by atoms with Gasteiger partial charge in [-0.25, -0.2) is 4.98 Å². The maximum absolute atomic E-state index is 12.8. The van der Waals surface area contributed by atoms with E-state index in [0.717, 1.165) is 28.0 Å². The van der Waals surface area contributed by atoms with Crippen molar-refractivity contribution in [2.24, 2.45) is 5.92 Å². The zero-order chi connectivity index (χ0) is 19.0. The van der Waals surface area contributed by atoms with Gasteiger partial charge in [-0.1, -0.05) is 54.0 Å². The zero-order valence-corrected chi connectivity index (χ0v) is 16.8. The van der Waals surface area contributed by atoms with Gasteiger partial charge < -0.3 is 5.32 Å². The van der Waals surface area contributed by atoms with Crippen molar-refractivity contribution >= 4 is 27.5 Å². The maximum Gasteiger partial charge on any atom is 0.228 e.